The molecule has 2 rings (SSSR count). The number of sulfonamides is 1. The molecule has 2 aromatic rings. The van der Waals surface area contributed by atoms with Crippen molar-refractivity contribution in [3.8, 4) is 5.75 Å². The molecular formula is C24H32ClN3O5S. The van der Waals surface area contributed by atoms with Crippen molar-refractivity contribution >= 4 is 39.1 Å². The molecule has 0 fully saturated rings. The van der Waals surface area contributed by atoms with Crippen LogP contribution in [0.2, 0.25) is 5.02 Å². The molecule has 186 valence electrons. The van der Waals surface area contributed by atoms with E-state index in [9.17, 15) is 18.0 Å². The van der Waals surface area contributed by atoms with Crippen molar-refractivity contribution in [3.05, 3.63) is 59.1 Å². The fourth-order valence-corrected chi connectivity index (χ4v) is 4.30. The van der Waals surface area contributed by atoms with Gasteiger partial charge in [-0.3, -0.25) is 13.9 Å². The van der Waals surface area contributed by atoms with Gasteiger partial charge in [0.15, 0.2) is 0 Å². The molecule has 0 saturated heterocycles. The maximum Gasteiger partial charge on any atom is 0.244 e. The van der Waals surface area contributed by atoms with E-state index in [2.05, 4.69) is 5.32 Å². The third-order valence-electron chi connectivity index (χ3n) is 5.45. The van der Waals surface area contributed by atoms with Gasteiger partial charge in [0.05, 0.1) is 19.1 Å². The monoisotopic (exact) mass is 509 g/mol. The molecule has 0 unspecified atom stereocenters. The predicted molar refractivity (Wildman–Crippen MR) is 135 cm³/mol. The second-order valence-corrected chi connectivity index (χ2v) is 10.5. The van der Waals surface area contributed by atoms with E-state index in [-0.39, 0.29) is 18.5 Å². The number of ether oxygens (including phenoxy) is 1. The molecule has 0 heterocycles. The van der Waals surface area contributed by atoms with Gasteiger partial charge in [-0.25, -0.2) is 8.42 Å². The molecule has 34 heavy (non-hydrogen) atoms. The van der Waals surface area contributed by atoms with Crippen LogP contribution in [-0.4, -0.2) is 57.1 Å². The molecule has 0 aliphatic rings. The lowest BCUT2D eigenvalue weighted by Gasteiger charge is -2.32. The number of rotatable bonds is 11. The standard InChI is InChI=1S/C24H32ClN3O5S/c1-6-17(2)26-24(30)18(3)27(15-19-8-7-9-20(25)14-19)23(29)16-28(34(5,31)32)21-10-12-22(33-4)13-11-21/h7-14,17-18H,6,15-16H2,1-5H3,(H,26,30)/t17-,18+/m0/s1. The van der Waals surface area contributed by atoms with Crippen LogP contribution < -0.4 is 14.4 Å². The van der Waals surface area contributed by atoms with E-state index < -0.39 is 28.5 Å². The zero-order valence-electron chi connectivity index (χ0n) is 20.1. The summed E-state index contributed by atoms with van der Waals surface area (Å²) in [6.45, 7) is 5.08. The van der Waals surface area contributed by atoms with Crippen molar-refractivity contribution in [2.75, 3.05) is 24.2 Å². The largest absolute Gasteiger partial charge is 0.497 e. The van der Waals surface area contributed by atoms with Crippen LogP contribution in [0.25, 0.3) is 0 Å². The fourth-order valence-electron chi connectivity index (χ4n) is 3.24. The van der Waals surface area contributed by atoms with Gasteiger partial charge in [-0.2, -0.15) is 0 Å². The Morgan fingerprint density at radius 2 is 1.76 bits per heavy atom. The first-order valence-electron chi connectivity index (χ1n) is 10.9. The van der Waals surface area contributed by atoms with Crippen molar-refractivity contribution < 1.29 is 22.7 Å². The highest BCUT2D eigenvalue weighted by atomic mass is 35.5. The molecule has 0 spiro atoms. The summed E-state index contributed by atoms with van der Waals surface area (Å²) >= 11 is 6.11. The summed E-state index contributed by atoms with van der Waals surface area (Å²) in [5.74, 6) is -0.283. The van der Waals surface area contributed by atoms with Gasteiger partial charge in [-0.15, -0.1) is 0 Å². The van der Waals surface area contributed by atoms with E-state index in [1.807, 2.05) is 13.8 Å². The van der Waals surface area contributed by atoms with Crippen LogP contribution in [0.15, 0.2) is 48.5 Å². The van der Waals surface area contributed by atoms with Crippen molar-refractivity contribution in [1.82, 2.24) is 10.2 Å². The topological polar surface area (TPSA) is 96.0 Å². The summed E-state index contributed by atoms with van der Waals surface area (Å²) in [6, 6.07) is 12.4. The Bertz CT molecular complexity index is 1090. The minimum atomic E-state index is -3.79. The summed E-state index contributed by atoms with van der Waals surface area (Å²) < 4.78 is 31.3. The van der Waals surface area contributed by atoms with Gasteiger partial charge in [0.2, 0.25) is 21.8 Å². The molecule has 2 amide bonds. The first-order chi connectivity index (χ1) is 16.0. The summed E-state index contributed by atoms with van der Waals surface area (Å²) in [5, 5.41) is 3.38. The van der Waals surface area contributed by atoms with Gasteiger partial charge >= 0.3 is 0 Å². The van der Waals surface area contributed by atoms with Crippen molar-refractivity contribution in [2.24, 2.45) is 0 Å². The maximum atomic E-state index is 13.5. The Morgan fingerprint density at radius 1 is 1.12 bits per heavy atom. The average Bonchev–Trinajstić information content (AvgIpc) is 2.79. The molecule has 1 N–H and O–H groups in total. The molecule has 10 heteroatoms. The van der Waals surface area contributed by atoms with E-state index in [1.165, 1.54) is 12.0 Å². The van der Waals surface area contributed by atoms with E-state index >= 15 is 0 Å². The molecule has 0 radical (unpaired) electrons. The fraction of sp³-hybridized carbons (Fsp3) is 0.417. The highest BCUT2D eigenvalue weighted by molar-refractivity contribution is 7.92. The summed E-state index contributed by atoms with van der Waals surface area (Å²) in [4.78, 5) is 27.7. The quantitative estimate of drug-likeness (QED) is 0.500. The van der Waals surface area contributed by atoms with Crippen LogP contribution in [0.3, 0.4) is 0 Å². The lowest BCUT2D eigenvalue weighted by Crippen LogP contribution is -2.52. The third-order valence-corrected chi connectivity index (χ3v) is 6.83. The lowest BCUT2D eigenvalue weighted by atomic mass is 10.1. The minimum Gasteiger partial charge on any atom is -0.497 e. The Balaban J connectivity index is 2.37. The Labute approximate surface area is 206 Å². The number of halogens is 1. The van der Waals surface area contributed by atoms with Crippen LogP contribution in [-0.2, 0) is 26.2 Å². The number of nitrogens with one attached hydrogen (secondary N) is 1. The van der Waals surface area contributed by atoms with Gasteiger partial charge in [0, 0.05) is 17.6 Å². The highest BCUT2D eigenvalue weighted by Crippen LogP contribution is 2.22. The van der Waals surface area contributed by atoms with Crippen LogP contribution >= 0.6 is 11.6 Å². The summed E-state index contributed by atoms with van der Waals surface area (Å²) in [7, 11) is -2.28. The number of benzene rings is 2. The molecule has 0 aliphatic carbocycles. The van der Waals surface area contributed by atoms with Gasteiger partial charge in [0.1, 0.15) is 18.3 Å². The SMILES string of the molecule is CC[C@H](C)NC(=O)[C@@H](C)N(Cc1cccc(Cl)c1)C(=O)CN(c1ccc(OC)cc1)S(C)(=O)=O. The molecule has 0 saturated carbocycles. The van der Waals surface area contributed by atoms with Crippen molar-refractivity contribution in [1.29, 1.82) is 0 Å². The average molecular weight is 510 g/mol. The Hall–Kier alpha value is -2.78. The van der Waals surface area contributed by atoms with Gasteiger partial charge < -0.3 is 15.0 Å². The molecule has 2 atom stereocenters. The summed E-state index contributed by atoms with van der Waals surface area (Å²) in [6.07, 6.45) is 1.77. The second-order valence-electron chi connectivity index (χ2n) is 8.11. The number of methoxy groups -OCH3 is 1. The van der Waals surface area contributed by atoms with Crippen molar-refractivity contribution in [3.63, 3.8) is 0 Å². The highest BCUT2D eigenvalue weighted by Gasteiger charge is 2.30. The van der Waals surface area contributed by atoms with Crippen molar-refractivity contribution in [2.45, 2.75) is 45.8 Å². The first-order valence-corrected chi connectivity index (χ1v) is 13.1. The van der Waals surface area contributed by atoms with E-state index in [0.29, 0.717) is 16.5 Å². The van der Waals surface area contributed by atoms with Crippen LogP contribution in [0.5, 0.6) is 5.75 Å². The second kappa shape index (κ2) is 12.1. The zero-order valence-corrected chi connectivity index (χ0v) is 21.7. The van der Waals surface area contributed by atoms with E-state index in [0.717, 1.165) is 22.5 Å². The number of carbonyl (C=O) groups is 2. The summed E-state index contributed by atoms with van der Waals surface area (Å²) in [5.41, 5.74) is 1.04. The molecule has 0 aromatic heterocycles. The predicted octanol–water partition coefficient (Wildman–Crippen LogP) is 3.45. The molecule has 2 aromatic carbocycles. The number of hydrogen-bond acceptors (Lipinski definition) is 5. The van der Waals surface area contributed by atoms with E-state index in [4.69, 9.17) is 16.3 Å². The maximum absolute atomic E-state index is 13.5. The Morgan fingerprint density at radius 3 is 2.29 bits per heavy atom. The van der Waals surface area contributed by atoms with Crippen LogP contribution in [0.1, 0.15) is 32.8 Å². The third kappa shape index (κ3) is 7.63. The normalized spacial score (nSPS) is 13.0. The smallest absolute Gasteiger partial charge is 0.244 e. The van der Waals surface area contributed by atoms with Gasteiger partial charge in [-0.05, 0) is 62.2 Å². The molecular weight excluding hydrogens is 478 g/mol. The number of nitrogens with zero attached hydrogens (tertiary/aromatic N) is 2. The Kier molecular flexibility index (Phi) is 9.76. The minimum absolute atomic E-state index is 0.0649. The molecule has 8 nitrogen and oxygen atoms in total. The van der Waals surface area contributed by atoms with Crippen LogP contribution in [0.4, 0.5) is 5.69 Å². The van der Waals surface area contributed by atoms with Gasteiger partial charge in [-0.1, -0.05) is 30.7 Å². The van der Waals surface area contributed by atoms with E-state index in [1.54, 1.807) is 55.5 Å². The molecule has 0 aliphatic heterocycles. The number of carbonyl (C=O) groups excluding carboxylic acids is 2. The first kappa shape index (κ1) is 27.5. The van der Waals surface area contributed by atoms with Gasteiger partial charge in [0.25, 0.3) is 0 Å². The van der Waals surface area contributed by atoms with Crippen LogP contribution in [0, 0.1) is 0 Å². The number of amides is 2. The lowest BCUT2D eigenvalue weighted by molar-refractivity contribution is -0.139. The molecule has 0 bridgehead atoms. The zero-order chi connectivity index (χ0) is 25.5. The number of anilines is 1. The number of hydrogen-bond donors (Lipinski definition) is 1.